The van der Waals surface area contributed by atoms with Crippen molar-refractivity contribution in [3.8, 4) is 0 Å². The maximum atomic E-state index is 5.57. The number of nitrogens with zero attached hydrogens (tertiary/aromatic N) is 2. The molecule has 4 heteroatoms. The molecule has 1 aliphatic rings. The maximum absolute atomic E-state index is 5.57. The Bertz CT molecular complexity index is 277. The second kappa shape index (κ2) is 4.55. The van der Waals surface area contributed by atoms with E-state index in [1.165, 1.54) is 19.3 Å². The highest BCUT2D eigenvalue weighted by molar-refractivity contribution is 4.93. The van der Waals surface area contributed by atoms with Gasteiger partial charge in [0.2, 0.25) is 11.8 Å². The molecule has 0 amide bonds. The first-order chi connectivity index (χ1) is 6.90. The van der Waals surface area contributed by atoms with Crippen LogP contribution in [0.25, 0.3) is 0 Å². The summed E-state index contributed by atoms with van der Waals surface area (Å²) in [7, 11) is 0. The molecule has 78 valence electrons. The molecule has 14 heavy (non-hydrogen) atoms. The minimum Gasteiger partial charge on any atom is -0.425 e. The molecule has 1 N–H and O–H groups in total. The number of aryl methyl sites for hydroxylation is 1. The van der Waals surface area contributed by atoms with Gasteiger partial charge in [-0.2, -0.15) is 0 Å². The van der Waals surface area contributed by atoms with E-state index in [2.05, 4.69) is 15.5 Å². The van der Waals surface area contributed by atoms with Gasteiger partial charge < -0.3 is 9.73 Å². The van der Waals surface area contributed by atoms with Gasteiger partial charge in [0.05, 0.1) is 0 Å². The third-order valence-electron chi connectivity index (χ3n) is 2.68. The van der Waals surface area contributed by atoms with E-state index in [9.17, 15) is 0 Å². The standard InChI is InChI=1S/C10H17N3O/c1-2-9-12-13-10(14-9)8-5-3-4-6-11-7-8/h8,11H,2-7H2,1H3. The summed E-state index contributed by atoms with van der Waals surface area (Å²) in [6, 6.07) is 0. The maximum Gasteiger partial charge on any atom is 0.220 e. The fourth-order valence-corrected chi connectivity index (χ4v) is 1.80. The Kier molecular flexibility index (Phi) is 3.14. The molecule has 2 heterocycles. The average molecular weight is 195 g/mol. The van der Waals surface area contributed by atoms with Crippen molar-refractivity contribution in [1.29, 1.82) is 0 Å². The predicted octanol–water partition coefficient (Wildman–Crippen LogP) is 1.49. The summed E-state index contributed by atoms with van der Waals surface area (Å²) in [4.78, 5) is 0. The topological polar surface area (TPSA) is 51.0 Å². The summed E-state index contributed by atoms with van der Waals surface area (Å²) in [5, 5.41) is 11.5. The number of hydrogen-bond donors (Lipinski definition) is 1. The molecule has 1 aromatic rings. The van der Waals surface area contributed by atoms with Crippen molar-refractivity contribution in [2.45, 2.75) is 38.5 Å². The van der Waals surface area contributed by atoms with Crippen LogP contribution in [0.5, 0.6) is 0 Å². The zero-order valence-corrected chi connectivity index (χ0v) is 8.62. The highest BCUT2D eigenvalue weighted by atomic mass is 16.4. The second-order valence-corrected chi connectivity index (χ2v) is 3.78. The minimum atomic E-state index is 0.422. The third kappa shape index (κ3) is 2.12. The van der Waals surface area contributed by atoms with Crippen LogP contribution < -0.4 is 5.32 Å². The normalized spacial score (nSPS) is 23.4. The lowest BCUT2D eigenvalue weighted by Gasteiger charge is -2.07. The van der Waals surface area contributed by atoms with Gasteiger partial charge in [-0.3, -0.25) is 0 Å². The van der Waals surface area contributed by atoms with E-state index in [0.29, 0.717) is 5.92 Å². The monoisotopic (exact) mass is 195 g/mol. The van der Waals surface area contributed by atoms with Crippen LogP contribution in [0, 0.1) is 0 Å². The minimum absolute atomic E-state index is 0.422. The molecule has 4 nitrogen and oxygen atoms in total. The molecule has 1 unspecified atom stereocenters. The van der Waals surface area contributed by atoms with Gasteiger partial charge >= 0.3 is 0 Å². The molecule has 0 aromatic carbocycles. The lowest BCUT2D eigenvalue weighted by atomic mass is 10.0. The molecule has 2 rings (SSSR count). The Labute approximate surface area is 84.1 Å². The van der Waals surface area contributed by atoms with E-state index in [1.807, 2.05) is 6.92 Å². The molecule has 0 bridgehead atoms. The molecule has 1 saturated heterocycles. The van der Waals surface area contributed by atoms with Gasteiger partial charge in [0.1, 0.15) is 0 Å². The third-order valence-corrected chi connectivity index (χ3v) is 2.68. The van der Waals surface area contributed by atoms with E-state index in [4.69, 9.17) is 4.42 Å². The van der Waals surface area contributed by atoms with Crippen LogP contribution >= 0.6 is 0 Å². The molecule has 1 fully saturated rings. The van der Waals surface area contributed by atoms with Crippen molar-refractivity contribution in [2.75, 3.05) is 13.1 Å². The molecular weight excluding hydrogens is 178 g/mol. The van der Waals surface area contributed by atoms with E-state index in [1.54, 1.807) is 0 Å². The Morgan fingerprint density at radius 2 is 2.36 bits per heavy atom. The van der Waals surface area contributed by atoms with Gasteiger partial charge in [0, 0.05) is 18.9 Å². The smallest absolute Gasteiger partial charge is 0.220 e. The lowest BCUT2D eigenvalue weighted by molar-refractivity contribution is 0.404. The van der Waals surface area contributed by atoms with Crippen LogP contribution in [-0.2, 0) is 6.42 Å². The first-order valence-corrected chi connectivity index (χ1v) is 5.43. The van der Waals surface area contributed by atoms with Crippen molar-refractivity contribution >= 4 is 0 Å². The van der Waals surface area contributed by atoms with Crippen molar-refractivity contribution in [3.63, 3.8) is 0 Å². The van der Waals surface area contributed by atoms with E-state index >= 15 is 0 Å². The van der Waals surface area contributed by atoms with E-state index in [0.717, 1.165) is 31.3 Å². The number of aromatic nitrogens is 2. The van der Waals surface area contributed by atoms with Crippen molar-refractivity contribution < 1.29 is 4.42 Å². The molecule has 0 spiro atoms. The summed E-state index contributed by atoms with van der Waals surface area (Å²) in [5.41, 5.74) is 0. The Hall–Kier alpha value is -0.900. The summed E-state index contributed by atoms with van der Waals surface area (Å²) in [5.74, 6) is 1.99. The number of nitrogens with one attached hydrogen (secondary N) is 1. The molecule has 1 aliphatic heterocycles. The molecule has 1 atom stereocenters. The largest absolute Gasteiger partial charge is 0.425 e. The zero-order valence-electron chi connectivity index (χ0n) is 8.62. The van der Waals surface area contributed by atoms with Gasteiger partial charge in [0.15, 0.2) is 0 Å². The Balaban J connectivity index is 2.04. The molecule has 0 radical (unpaired) electrons. The van der Waals surface area contributed by atoms with Gasteiger partial charge in [-0.1, -0.05) is 13.3 Å². The van der Waals surface area contributed by atoms with Crippen molar-refractivity contribution in [2.24, 2.45) is 0 Å². The van der Waals surface area contributed by atoms with Crippen molar-refractivity contribution in [1.82, 2.24) is 15.5 Å². The SMILES string of the molecule is CCc1nnc(C2CCCCNC2)o1. The molecule has 0 aliphatic carbocycles. The summed E-state index contributed by atoms with van der Waals surface area (Å²) in [6.07, 6.45) is 4.50. The Morgan fingerprint density at radius 1 is 1.43 bits per heavy atom. The molecular formula is C10H17N3O. The molecule has 1 aromatic heterocycles. The average Bonchev–Trinajstić information content (AvgIpc) is 2.53. The highest BCUT2D eigenvalue weighted by Crippen LogP contribution is 2.22. The highest BCUT2D eigenvalue weighted by Gasteiger charge is 2.19. The Morgan fingerprint density at radius 3 is 3.14 bits per heavy atom. The summed E-state index contributed by atoms with van der Waals surface area (Å²) in [6.45, 7) is 4.12. The second-order valence-electron chi connectivity index (χ2n) is 3.78. The number of rotatable bonds is 2. The fourth-order valence-electron chi connectivity index (χ4n) is 1.80. The van der Waals surface area contributed by atoms with Crippen LogP contribution in [0.3, 0.4) is 0 Å². The van der Waals surface area contributed by atoms with Gasteiger partial charge in [-0.25, -0.2) is 0 Å². The lowest BCUT2D eigenvalue weighted by Crippen LogP contribution is -2.19. The van der Waals surface area contributed by atoms with E-state index in [-0.39, 0.29) is 0 Å². The molecule has 0 saturated carbocycles. The van der Waals surface area contributed by atoms with Crippen LogP contribution in [0.2, 0.25) is 0 Å². The predicted molar refractivity (Wildman–Crippen MR) is 53.1 cm³/mol. The van der Waals surface area contributed by atoms with Gasteiger partial charge in [0.25, 0.3) is 0 Å². The first-order valence-electron chi connectivity index (χ1n) is 5.43. The van der Waals surface area contributed by atoms with Crippen molar-refractivity contribution in [3.05, 3.63) is 11.8 Å². The van der Waals surface area contributed by atoms with Gasteiger partial charge in [-0.15, -0.1) is 10.2 Å². The summed E-state index contributed by atoms with van der Waals surface area (Å²) < 4.78 is 5.57. The van der Waals surface area contributed by atoms with E-state index < -0.39 is 0 Å². The van der Waals surface area contributed by atoms with Crippen LogP contribution in [0.1, 0.15) is 43.9 Å². The van der Waals surface area contributed by atoms with Crippen LogP contribution in [0.15, 0.2) is 4.42 Å². The first kappa shape index (κ1) is 9.65. The number of hydrogen-bond acceptors (Lipinski definition) is 4. The quantitative estimate of drug-likeness (QED) is 0.776. The fraction of sp³-hybridized carbons (Fsp3) is 0.800. The summed E-state index contributed by atoms with van der Waals surface area (Å²) >= 11 is 0. The zero-order chi connectivity index (χ0) is 9.80. The van der Waals surface area contributed by atoms with Crippen LogP contribution in [-0.4, -0.2) is 23.3 Å². The van der Waals surface area contributed by atoms with Gasteiger partial charge in [-0.05, 0) is 19.4 Å². The van der Waals surface area contributed by atoms with Crippen LogP contribution in [0.4, 0.5) is 0 Å².